The fourth-order valence-corrected chi connectivity index (χ4v) is 5.23. The van der Waals surface area contributed by atoms with Crippen molar-refractivity contribution >= 4 is 27.5 Å². The second-order valence-electron chi connectivity index (χ2n) is 10.2. The van der Waals surface area contributed by atoms with E-state index >= 15 is 0 Å². The minimum atomic E-state index is -3.90. The SMILES string of the molecule is COc1cccc(CN(C(=O)CN(c2ccccc2OC)S(C)(=O)=O)[C@H](Cc2ccccc2)C(=O)NCC(C)C)c1. The van der Waals surface area contributed by atoms with Crippen molar-refractivity contribution < 1.29 is 27.5 Å². The molecular formula is C31H39N3O6S. The van der Waals surface area contributed by atoms with Gasteiger partial charge in [-0.2, -0.15) is 0 Å². The average Bonchev–Trinajstić information content (AvgIpc) is 2.96. The standard InChI is InChI=1S/C31H39N3O6S/c1-23(2)20-32-31(36)28(19-24-12-7-6-8-13-24)33(21-25-14-11-15-26(18-25)39-3)30(35)22-34(41(5,37)38)27-16-9-10-17-29(27)40-4/h6-18,23,28H,19-22H2,1-5H3,(H,32,36)/t28-/m1/s1. The van der Waals surface area contributed by atoms with Crippen LogP contribution in [-0.2, 0) is 32.6 Å². The van der Waals surface area contributed by atoms with Crippen molar-refractivity contribution in [3.8, 4) is 11.5 Å². The zero-order valence-electron chi connectivity index (χ0n) is 24.2. The molecule has 220 valence electrons. The smallest absolute Gasteiger partial charge is 0.244 e. The number of methoxy groups -OCH3 is 2. The first-order chi connectivity index (χ1) is 19.5. The van der Waals surface area contributed by atoms with Crippen LogP contribution in [0.5, 0.6) is 11.5 Å². The molecule has 0 saturated heterocycles. The number of hydrogen-bond donors (Lipinski definition) is 1. The lowest BCUT2D eigenvalue weighted by Crippen LogP contribution is -2.53. The van der Waals surface area contributed by atoms with Gasteiger partial charge in [0.25, 0.3) is 0 Å². The number of rotatable bonds is 14. The van der Waals surface area contributed by atoms with E-state index in [1.165, 1.54) is 12.0 Å². The predicted molar refractivity (Wildman–Crippen MR) is 161 cm³/mol. The van der Waals surface area contributed by atoms with Crippen LogP contribution in [0, 0.1) is 5.92 Å². The van der Waals surface area contributed by atoms with E-state index in [2.05, 4.69) is 5.32 Å². The van der Waals surface area contributed by atoms with Crippen LogP contribution < -0.4 is 19.1 Å². The van der Waals surface area contributed by atoms with Crippen molar-refractivity contribution in [1.29, 1.82) is 0 Å². The highest BCUT2D eigenvalue weighted by Crippen LogP contribution is 2.30. The van der Waals surface area contributed by atoms with Crippen LogP contribution in [0.15, 0.2) is 78.9 Å². The molecule has 41 heavy (non-hydrogen) atoms. The average molecular weight is 582 g/mol. The van der Waals surface area contributed by atoms with Crippen LogP contribution in [-0.4, -0.2) is 64.7 Å². The van der Waals surface area contributed by atoms with Gasteiger partial charge in [-0.25, -0.2) is 8.42 Å². The molecule has 1 atom stereocenters. The van der Waals surface area contributed by atoms with Crippen molar-refractivity contribution in [3.63, 3.8) is 0 Å². The van der Waals surface area contributed by atoms with Crippen molar-refractivity contribution in [1.82, 2.24) is 10.2 Å². The molecule has 10 heteroatoms. The predicted octanol–water partition coefficient (Wildman–Crippen LogP) is 3.88. The summed E-state index contributed by atoms with van der Waals surface area (Å²) in [6, 6.07) is 22.3. The van der Waals surface area contributed by atoms with Gasteiger partial charge in [0, 0.05) is 19.5 Å². The van der Waals surface area contributed by atoms with Crippen LogP contribution in [0.2, 0.25) is 0 Å². The minimum absolute atomic E-state index is 0.0617. The minimum Gasteiger partial charge on any atom is -0.497 e. The summed E-state index contributed by atoms with van der Waals surface area (Å²) < 4.78 is 37.7. The summed E-state index contributed by atoms with van der Waals surface area (Å²) in [5.74, 6) is 0.253. The topological polar surface area (TPSA) is 105 Å². The van der Waals surface area contributed by atoms with Crippen molar-refractivity contribution in [3.05, 3.63) is 90.0 Å². The number of benzene rings is 3. The molecule has 0 unspecified atom stereocenters. The fourth-order valence-electron chi connectivity index (χ4n) is 4.37. The van der Waals surface area contributed by atoms with E-state index in [1.54, 1.807) is 49.6 Å². The molecule has 1 N–H and O–H groups in total. The molecule has 0 spiro atoms. The monoisotopic (exact) mass is 581 g/mol. The van der Waals surface area contributed by atoms with Crippen molar-refractivity contribution in [2.45, 2.75) is 32.9 Å². The molecule has 3 aromatic rings. The van der Waals surface area contributed by atoms with E-state index in [0.29, 0.717) is 18.0 Å². The van der Waals surface area contributed by atoms with Crippen molar-refractivity contribution in [2.75, 3.05) is 37.9 Å². The molecule has 3 aromatic carbocycles. The number of para-hydroxylation sites is 2. The van der Waals surface area contributed by atoms with Gasteiger partial charge in [-0.1, -0.05) is 68.4 Å². The zero-order chi connectivity index (χ0) is 30.0. The molecule has 0 aliphatic rings. The van der Waals surface area contributed by atoms with E-state index in [9.17, 15) is 18.0 Å². The largest absolute Gasteiger partial charge is 0.497 e. The Morgan fingerprint density at radius 1 is 0.878 bits per heavy atom. The third-order valence-electron chi connectivity index (χ3n) is 6.48. The number of carbonyl (C=O) groups excluding carboxylic acids is 2. The molecule has 0 aliphatic carbocycles. The van der Waals surface area contributed by atoms with E-state index in [4.69, 9.17) is 9.47 Å². The first-order valence-electron chi connectivity index (χ1n) is 13.4. The molecule has 9 nitrogen and oxygen atoms in total. The number of anilines is 1. The molecule has 3 rings (SSSR count). The van der Waals surface area contributed by atoms with Gasteiger partial charge in [-0.3, -0.25) is 13.9 Å². The number of hydrogen-bond acceptors (Lipinski definition) is 6. The lowest BCUT2D eigenvalue weighted by Gasteiger charge is -2.34. The summed E-state index contributed by atoms with van der Waals surface area (Å²) in [5, 5.41) is 2.97. The number of nitrogens with one attached hydrogen (secondary N) is 1. The van der Waals surface area contributed by atoms with E-state index in [0.717, 1.165) is 21.7 Å². The van der Waals surface area contributed by atoms with E-state index in [-0.39, 0.29) is 30.5 Å². The second kappa shape index (κ2) is 14.5. The Balaban J connectivity index is 2.08. The lowest BCUT2D eigenvalue weighted by atomic mass is 10.0. The molecule has 0 saturated carbocycles. The lowest BCUT2D eigenvalue weighted by molar-refractivity contribution is -0.140. The number of ether oxygens (including phenoxy) is 2. The quantitative estimate of drug-likeness (QED) is 0.310. The summed E-state index contributed by atoms with van der Waals surface area (Å²) in [6.45, 7) is 3.95. The summed E-state index contributed by atoms with van der Waals surface area (Å²) in [5.41, 5.74) is 1.83. The van der Waals surface area contributed by atoms with Gasteiger partial charge in [0.1, 0.15) is 24.1 Å². The maximum Gasteiger partial charge on any atom is 0.244 e. The van der Waals surface area contributed by atoms with Crippen LogP contribution in [0.25, 0.3) is 0 Å². The first-order valence-corrected chi connectivity index (χ1v) is 15.2. The number of amides is 2. The fraction of sp³-hybridized carbons (Fsp3) is 0.355. The van der Waals surface area contributed by atoms with Crippen LogP contribution in [0.4, 0.5) is 5.69 Å². The van der Waals surface area contributed by atoms with Gasteiger partial charge in [-0.05, 0) is 41.3 Å². The maximum atomic E-state index is 14.2. The molecular weight excluding hydrogens is 542 g/mol. The normalized spacial score (nSPS) is 12.0. The highest BCUT2D eigenvalue weighted by Gasteiger charge is 2.33. The molecule has 0 heterocycles. The second-order valence-corrected chi connectivity index (χ2v) is 12.1. The van der Waals surface area contributed by atoms with Gasteiger partial charge < -0.3 is 19.7 Å². The molecule has 0 bridgehead atoms. The maximum absolute atomic E-state index is 14.2. The summed E-state index contributed by atoms with van der Waals surface area (Å²) >= 11 is 0. The number of sulfonamides is 1. The van der Waals surface area contributed by atoms with Crippen molar-refractivity contribution in [2.24, 2.45) is 5.92 Å². The van der Waals surface area contributed by atoms with Crippen LogP contribution in [0.1, 0.15) is 25.0 Å². The third kappa shape index (κ3) is 8.97. The van der Waals surface area contributed by atoms with Gasteiger partial charge in [0.05, 0.1) is 26.2 Å². The van der Waals surface area contributed by atoms with E-state index < -0.39 is 28.5 Å². The Morgan fingerprint density at radius 3 is 2.17 bits per heavy atom. The molecule has 2 amide bonds. The number of nitrogens with zero attached hydrogens (tertiary/aromatic N) is 2. The Kier molecular flexibility index (Phi) is 11.2. The van der Waals surface area contributed by atoms with Crippen LogP contribution in [0.3, 0.4) is 0 Å². The molecule has 0 radical (unpaired) electrons. The zero-order valence-corrected chi connectivity index (χ0v) is 25.1. The highest BCUT2D eigenvalue weighted by molar-refractivity contribution is 7.92. The molecule has 0 aromatic heterocycles. The Labute approximate surface area is 243 Å². The summed E-state index contributed by atoms with van der Waals surface area (Å²) in [4.78, 5) is 29.3. The summed E-state index contributed by atoms with van der Waals surface area (Å²) in [6.07, 6.45) is 1.28. The van der Waals surface area contributed by atoms with E-state index in [1.807, 2.05) is 50.2 Å². The van der Waals surface area contributed by atoms with Crippen LogP contribution >= 0.6 is 0 Å². The Hall–Kier alpha value is -4.05. The summed E-state index contributed by atoms with van der Waals surface area (Å²) in [7, 11) is -0.916. The Morgan fingerprint density at radius 2 is 1.54 bits per heavy atom. The van der Waals surface area contributed by atoms with Gasteiger partial charge in [0.15, 0.2) is 0 Å². The highest BCUT2D eigenvalue weighted by atomic mass is 32.2. The molecule has 0 aliphatic heterocycles. The third-order valence-corrected chi connectivity index (χ3v) is 7.60. The van der Waals surface area contributed by atoms with Gasteiger partial charge in [0.2, 0.25) is 21.8 Å². The van der Waals surface area contributed by atoms with Gasteiger partial charge >= 0.3 is 0 Å². The van der Waals surface area contributed by atoms with Gasteiger partial charge in [-0.15, -0.1) is 0 Å². The number of carbonyl (C=O) groups is 2. The molecule has 0 fully saturated rings. The Bertz CT molecular complexity index is 1410. The first kappa shape index (κ1) is 31.5.